The first kappa shape index (κ1) is 14.9. The van der Waals surface area contributed by atoms with Gasteiger partial charge in [0.1, 0.15) is 0 Å². The Kier molecular flexibility index (Phi) is 6.08. The summed E-state index contributed by atoms with van der Waals surface area (Å²) in [6.45, 7) is 8.23. The lowest BCUT2D eigenvalue weighted by atomic mass is 9.79. The molecule has 4 heteroatoms. The summed E-state index contributed by atoms with van der Waals surface area (Å²) in [7, 11) is 0. The number of carbonyl (C=O) groups excluding carboxylic acids is 1. The highest BCUT2D eigenvalue weighted by Crippen LogP contribution is 2.30. The number of carboxylic acid groups (broad SMARTS) is 1. The van der Waals surface area contributed by atoms with E-state index in [0.29, 0.717) is 25.3 Å². The Morgan fingerprint density at radius 2 is 1.75 bits per heavy atom. The molecule has 0 aromatic carbocycles. The van der Waals surface area contributed by atoms with Crippen molar-refractivity contribution in [1.29, 1.82) is 0 Å². The fourth-order valence-electron chi connectivity index (χ4n) is 1.57. The standard InChI is InChI=1S/C12H23NO3/c1-5-12(6-2,11(15)16)7-10(14)13-8-9(3)4/h9H,5-8H2,1-4H3,(H,13,14)(H,15,16). The molecule has 0 atom stereocenters. The van der Waals surface area contributed by atoms with E-state index < -0.39 is 11.4 Å². The molecular formula is C12H23NO3. The van der Waals surface area contributed by atoms with Crippen LogP contribution in [-0.4, -0.2) is 23.5 Å². The van der Waals surface area contributed by atoms with Crippen LogP contribution >= 0.6 is 0 Å². The topological polar surface area (TPSA) is 66.4 Å². The highest BCUT2D eigenvalue weighted by Gasteiger charge is 2.36. The van der Waals surface area contributed by atoms with Gasteiger partial charge in [0.05, 0.1) is 5.41 Å². The van der Waals surface area contributed by atoms with Crippen LogP contribution in [0.4, 0.5) is 0 Å². The molecule has 0 rings (SSSR count). The van der Waals surface area contributed by atoms with E-state index in [1.807, 2.05) is 27.7 Å². The SMILES string of the molecule is CCC(CC)(CC(=O)NCC(C)C)C(=O)O. The minimum absolute atomic E-state index is 0.0715. The smallest absolute Gasteiger partial charge is 0.310 e. The summed E-state index contributed by atoms with van der Waals surface area (Å²) in [4.78, 5) is 22.8. The van der Waals surface area contributed by atoms with E-state index in [0.717, 1.165) is 0 Å². The minimum Gasteiger partial charge on any atom is -0.481 e. The Balaban J connectivity index is 4.41. The predicted molar refractivity (Wildman–Crippen MR) is 63.1 cm³/mol. The molecule has 94 valence electrons. The number of aliphatic carboxylic acids is 1. The van der Waals surface area contributed by atoms with Gasteiger partial charge in [-0.2, -0.15) is 0 Å². The molecule has 0 aromatic heterocycles. The van der Waals surface area contributed by atoms with Gasteiger partial charge in [0, 0.05) is 13.0 Å². The van der Waals surface area contributed by atoms with E-state index in [4.69, 9.17) is 0 Å². The van der Waals surface area contributed by atoms with Crippen molar-refractivity contribution < 1.29 is 14.7 Å². The van der Waals surface area contributed by atoms with E-state index in [9.17, 15) is 14.7 Å². The summed E-state index contributed by atoms with van der Waals surface area (Å²) >= 11 is 0. The maximum absolute atomic E-state index is 11.6. The third-order valence-electron chi connectivity index (χ3n) is 3.01. The Labute approximate surface area is 97.4 Å². The highest BCUT2D eigenvalue weighted by molar-refractivity contribution is 5.84. The first-order valence-corrected chi connectivity index (χ1v) is 5.88. The van der Waals surface area contributed by atoms with Crippen LogP contribution in [0.3, 0.4) is 0 Å². The molecule has 0 spiro atoms. The molecule has 0 unspecified atom stereocenters. The molecule has 0 aromatic rings. The normalized spacial score (nSPS) is 11.6. The number of carbonyl (C=O) groups is 2. The molecule has 0 aliphatic carbocycles. The van der Waals surface area contributed by atoms with E-state index in [1.165, 1.54) is 0 Å². The minimum atomic E-state index is -0.902. The van der Waals surface area contributed by atoms with Crippen LogP contribution in [0.25, 0.3) is 0 Å². The number of nitrogens with one attached hydrogen (secondary N) is 1. The molecule has 0 bridgehead atoms. The second-order valence-corrected chi connectivity index (χ2v) is 4.67. The number of hydrogen-bond donors (Lipinski definition) is 2. The Bertz CT molecular complexity index is 245. The van der Waals surface area contributed by atoms with Crippen molar-refractivity contribution in [2.24, 2.45) is 11.3 Å². The zero-order chi connectivity index (χ0) is 12.8. The molecule has 0 saturated carbocycles. The Morgan fingerprint density at radius 1 is 1.25 bits per heavy atom. The molecule has 0 heterocycles. The van der Waals surface area contributed by atoms with Crippen LogP contribution in [0.2, 0.25) is 0 Å². The largest absolute Gasteiger partial charge is 0.481 e. The van der Waals surface area contributed by atoms with E-state index in [1.54, 1.807) is 0 Å². The molecule has 1 amide bonds. The fourth-order valence-corrected chi connectivity index (χ4v) is 1.57. The van der Waals surface area contributed by atoms with Gasteiger partial charge in [-0.15, -0.1) is 0 Å². The van der Waals surface area contributed by atoms with Gasteiger partial charge in [-0.25, -0.2) is 0 Å². The van der Waals surface area contributed by atoms with Crippen LogP contribution in [0, 0.1) is 11.3 Å². The molecular weight excluding hydrogens is 206 g/mol. The zero-order valence-electron chi connectivity index (χ0n) is 10.7. The summed E-state index contributed by atoms with van der Waals surface area (Å²) in [5.41, 5.74) is -0.902. The van der Waals surface area contributed by atoms with Gasteiger partial charge in [-0.3, -0.25) is 9.59 Å². The van der Waals surface area contributed by atoms with Gasteiger partial charge in [-0.1, -0.05) is 27.7 Å². The lowest BCUT2D eigenvalue weighted by molar-refractivity contribution is -0.152. The molecule has 0 saturated heterocycles. The fraction of sp³-hybridized carbons (Fsp3) is 0.833. The molecule has 16 heavy (non-hydrogen) atoms. The third kappa shape index (κ3) is 4.21. The zero-order valence-corrected chi connectivity index (χ0v) is 10.7. The Hall–Kier alpha value is -1.06. The van der Waals surface area contributed by atoms with E-state index in [-0.39, 0.29) is 12.3 Å². The van der Waals surface area contributed by atoms with Crippen LogP contribution in [-0.2, 0) is 9.59 Å². The predicted octanol–water partition coefficient (Wildman–Crippen LogP) is 2.04. The number of amides is 1. The molecule has 0 fully saturated rings. The summed E-state index contributed by atoms with van der Waals surface area (Å²) in [6, 6.07) is 0. The van der Waals surface area contributed by atoms with Gasteiger partial charge < -0.3 is 10.4 Å². The maximum Gasteiger partial charge on any atom is 0.310 e. The quantitative estimate of drug-likeness (QED) is 0.702. The van der Waals surface area contributed by atoms with Gasteiger partial charge in [0.25, 0.3) is 0 Å². The van der Waals surface area contributed by atoms with Crippen LogP contribution in [0.15, 0.2) is 0 Å². The van der Waals surface area contributed by atoms with E-state index >= 15 is 0 Å². The second-order valence-electron chi connectivity index (χ2n) is 4.67. The average molecular weight is 229 g/mol. The van der Waals surface area contributed by atoms with Crippen molar-refractivity contribution in [2.75, 3.05) is 6.54 Å². The van der Waals surface area contributed by atoms with Crippen LogP contribution in [0.5, 0.6) is 0 Å². The Morgan fingerprint density at radius 3 is 2.06 bits per heavy atom. The summed E-state index contributed by atoms with van der Waals surface area (Å²) < 4.78 is 0. The first-order chi connectivity index (χ1) is 7.38. The van der Waals surface area contributed by atoms with Gasteiger partial charge in [0.2, 0.25) is 5.91 Å². The van der Waals surface area contributed by atoms with Crippen LogP contribution < -0.4 is 5.32 Å². The van der Waals surface area contributed by atoms with Crippen molar-refractivity contribution >= 4 is 11.9 Å². The molecule has 4 nitrogen and oxygen atoms in total. The number of carboxylic acids is 1. The van der Waals surface area contributed by atoms with Crippen molar-refractivity contribution in [1.82, 2.24) is 5.32 Å². The second kappa shape index (κ2) is 6.51. The monoisotopic (exact) mass is 229 g/mol. The van der Waals surface area contributed by atoms with Gasteiger partial charge in [-0.05, 0) is 18.8 Å². The lowest BCUT2D eigenvalue weighted by Gasteiger charge is -2.26. The van der Waals surface area contributed by atoms with Crippen molar-refractivity contribution in [3.63, 3.8) is 0 Å². The number of rotatable bonds is 7. The molecule has 0 radical (unpaired) electrons. The molecule has 0 aliphatic heterocycles. The summed E-state index contributed by atoms with van der Waals surface area (Å²) in [5.74, 6) is -0.663. The van der Waals surface area contributed by atoms with Crippen LogP contribution in [0.1, 0.15) is 47.0 Å². The molecule has 2 N–H and O–H groups in total. The maximum atomic E-state index is 11.6. The third-order valence-corrected chi connectivity index (χ3v) is 3.01. The lowest BCUT2D eigenvalue weighted by Crippen LogP contribution is -2.37. The number of hydrogen-bond acceptors (Lipinski definition) is 2. The van der Waals surface area contributed by atoms with Gasteiger partial charge in [0.15, 0.2) is 0 Å². The van der Waals surface area contributed by atoms with Crippen molar-refractivity contribution in [3.05, 3.63) is 0 Å². The highest BCUT2D eigenvalue weighted by atomic mass is 16.4. The van der Waals surface area contributed by atoms with Crippen molar-refractivity contribution in [3.8, 4) is 0 Å². The van der Waals surface area contributed by atoms with Gasteiger partial charge >= 0.3 is 5.97 Å². The summed E-state index contributed by atoms with van der Waals surface area (Å²) in [6.07, 6.45) is 1.03. The summed E-state index contributed by atoms with van der Waals surface area (Å²) in [5, 5.41) is 11.9. The molecule has 0 aliphatic rings. The van der Waals surface area contributed by atoms with Crippen molar-refractivity contribution in [2.45, 2.75) is 47.0 Å². The van der Waals surface area contributed by atoms with E-state index in [2.05, 4.69) is 5.32 Å². The first-order valence-electron chi connectivity index (χ1n) is 5.88. The average Bonchev–Trinajstić information content (AvgIpc) is 2.22.